The van der Waals surface area contributed by atoms with Crippen molar-refractivity contribution in [3.05, 3.63) is 0 Å². The Bertz CT molecular complexity index is 143. The second-order valence-corrected chi connectivity index (χ2v) is 5.56. The molecule has 0 radical (unpaired) electrons. The minimum Gasteiger partial charge on any atom is -0.299 e. The van der Waals surface area contributed by atoms with Crippen molar-refractivity contribution in [1.29, 1.82) is 0 Å². The predicted molar refractivity (Wildman–Crippen MR) is 61.3 cm³/mol. The molecule has 0 rings (SSSR count). The van der Waals surface area contributed by atoms with Crippen LogP contribution in [0.3, 0.4) is 0 Å². The Hall–Kier alpha value is 0.0200. The molecule has 0 saturated heterocycles. The molecule has 0 saturated carbocycles. The zero-order chi connectivity index (χ0) is 10.3. The molecule has 0 heterocycles. The topological polar surface area (TPSA) is 17.1 Å². The first-order chi connectivity index (χ1) is 6.06. The van der Waals surface area contributed by atoms with E-state index < -0.39 is 0 Å². The van der Waals surface area contributed by atoms with Gasteiger partial charge in [-0.05, 0) is 11.2 Å². The number of thioether (sulfide) groups is 1. The molecule has 0 fully saturated rings. The van der Waals surface area contributed by atoms with Crippen molar-refractivity contribution in [2.24, 2.45) is 5.92 Å². The van der Waals surface area contributed by atoms with E-state index in [4.69, 9.17) is 0 Å². The highest BCUT2D eigenvalue weighted by Gasteiger charge is 2.08. The third-order valence-corrected chi connectivity index (χ3v) is 3.09. The third-order valence-electron chi connectivity index (χ3n) is 1.94. The number of carbonyl (C=O) groups excluding carboxylic acids is 1. The second kappa shape index (κ2) is 7.43. The van der Waals surface area contributed by atoms with Gasteiger partial charge in [-0.15, -0.1) is 0 Å². The summed E-state index contributed by atoms with van der Waals surface area (Å²) in [4.78, 5) is 11.4. The minimum atomic E-state index is 0.416. The molecule has 1 unspecified atom stereocenters. The molecule has 0 N–H and O–H groups in total. The van der Waals surface area contributed by atoms with Gasteiger partial charge in [-0.3, -0.25) is 4.79 Å². The maximum absolute atomic E-state index is 11.4. The molecule has 1 nitrogen and oxygen atoms in total. The van der Waals surface area contributed by atoms with E-state index in [9.17, 15) is 4.79 Å². The van der Waals surface area contributed by atoms with Crippen molar-refractivity contribution < 1.29 is 4.79 Å². The third kappa shape index (κ3) is 8.35. The lowest BCUT2D eigenvalue weighted by molar-refractivity contribution is -0.117. The molecule has 0 spiro atoms. The van der Waals surface area contributed by atoms with Crippen LogP contribution in [0.1, 0.15) is 47.0 Å². The molecule has 0 aromatic rings. The van der Waals surface area contributed by atoms with Crippen LogP contribution in [0.15, 0.2) is 0 Å². The van der Waals surface area contributed by atoms with Crippen molar-refractivity contribution in [3.8, 4) is 0 Å². The van der Waals surface area contributed by atoms with E-state index in [0.29, 0.717) is 22.7 Å². The molecule has 1 atom stereocenters. The van der Waals surface area contributed by atoms with E-state index in [1.165, 1.54) is 12.8 Å². The van der Waals surface area contributed by atoms with Crippen LogP contribution in [-0.2, 0) is 4.79 Å². The molecular weight excluding hydrogens is 180 g/mol. The first-order valence-electron chi connectivity index (χ1n) is 5.19. The molecule has 0 aromatic carbocycles. The molecule has 0 aliphatic heterocycles. The van der Waals surface area contributed by atoms with E-state index >= 15 is 0 Å². The highest BCUT2D eigenvalue weighted by molar-refractivity contribution is 8.00. The van der Waals surface area contributed by atoms with E-state index in [2.05, 4.69) is 27.7 Å². The van der Waals surface area contributed by atoms with Crippen LogP contribution in [0.25, 0.3) is 0 Å². The highest BCUT2D eigenvalue weighted by atomic mass is 32.2. The Kier molecular flexibility index (Phi) is 7.44. The lowest BCUT2D eigenvalue weighted by Gasteiger charge is -2.09. The Labute approximate surface area is 86.7 Å². The summed E-state index contributed by atoms with van der Waals surface area (Å²) in [7, 11) is 0. The quantitative estimate of drug-likeness (QED) is 0.628. The van der Waals surface area contributed by atoms with Gasteiger partial charge >= 0.3 is 0 Å². The largest absolute Gasteiger partial charge is 0.299 e. The second-order valence-electron chi connectivity index (χ2n) is 4.00. The van der Waals surface area contributed by atoms with E-state index in [1.807, 2.05) is 0 Å². The van der Waals surface area contributed by atoms with Crippen LogP contribution in [0.5, 0.6) is 0 Å². The number of hydrogen-bond acceptors (Lipinski definition) is 2. The van der Waals surface area contributed by atoms with Crippen LogP contribution in [0.4, 0.5) is 0 Å². The average Bonchev–Trinajstić information content (AvgIpc) is 2.01. The molecule has 13 heavy (non-hydrogen) atoms. The lowest BCUT2D eigenvalue weighted by Crippen LogP contribution is -2.09. The van der Waals surface area contributed by atoms with Gasteiger partial charge in [-0.2, -0.15) is 11.8 Å². The Morgan fingerprint density at radius 1 is 1.31 bits per heavy atom. The van der Waals surface area contributed by atoms with E-state index in [-0.39, 0.29) is 0 Å². The van der Waals surface area contributed by atoms with Crippen LogP contribution in [-0.4, -0.2) is 16.8 Å². The summed E-state index contributed by atoms with van der Waals surface area (Å²) < 4.78 is 0. The van der Waals surface area contributed by atoms with Crippen LogP contribution in [0.2, 0.25) is 0 Å². The zero-order valence-electron chi connectivity index (χ0n) is 9.30. The van der Waals surface area contributed by atoms with Crippen molar-refractivity contribution in [2.45, 2.75) is 52.2 Å². The van der Waals surface area contributed by atoms with Gasteiger partial charge in [0.1, 0.15) is 5.78 Å². The smallest absolute Gasteiger partial charge is 0.143 e. The lowest BCUT2D eigenvalue weighted by atomic mass is 10.0. The average molecular weight is 202 g/mol. The molecule has 0 aromatic heterocycles. The SMILES string of the molecule is CCCC(C)CC(=O)CSC(C)C. The van der Waals surface area contributed by atoms with Gasteiger partial charge in [0.05, 0.1) is 5.75 Å². The van der Waals surface area contributed by atoms with E-state index in [0.717, 1.165) is 6.42 Å². The molecule has 0 bridgehead atoms. The fraction of sp³-hybridized carbons (Fsp3) is 0.909. The zero-order valence-corrected chi connectivity index (χ0v) is 10.1. The summed E-state index contributed by atoms with van der Waals surface area (Å²) in [5.74, 6) is 1.69. The molecule has 0 aliphatic rings. The van der Waals surface area contributed by atoms with Crippen LogP contribution >= 0.6 is 11.8 Å². The predicted octanol–water partition coefficient (Wildman–Crippen LogP) is 3.52. The van der Waals surface area contributed by atoms with Gasteiger partial charge in [0.25, 0.3) is 0 Å². The summed E-state index contributed by atoms with van der Waals surface area (Å²) in [5, 5.41) is 0.574. The van der Waals surface area contributed by atoms with Crippen LogP contribution in [0, 0.1) is 5.92 Å². The summed E-state index contributed by atoms with van der Waals surface area (Å²) in [6.45, 7) is 8.60. The molecule has 2 heteroatoms. The van der Waals surface area contributed by atoms with Crippen molar-refractivity contribution in [1.82, 2.24) is 0 Å². The number of carbonyl (C=O) groups is 1. The maximum Gasteiger partial charge on any atom is 0.143 e. The molecular formula is C11H22OS. The standard InChI is InChI=1S/C11H22OS/c1-5-6-10(4)7-11(12)8-13-9(2)3/h9-10H,5-8H2,1-4H3. The van der Waals surface area contributed by atoms with Gasteiger partial charge in [-0.1, -0.05) is 40.5 Å². The fourth-order valence-electron chi connectivity index (χ4n) is 1.30. The summed E-state index contributed by atoms with van der Waals surface area (Å²) >= 11 is 1.75. The number of hydrogen-bond donors (Lipinski definition) is 0. The van der Waals surface area contributed by atoms with E-state index in [1.54, 1.807) is 11.8 Å². The highest BCUT2D eigenvalue weighted by Crippen LogP contribution is 2.14. The van der Waals surface area contributed by atoms with Gasteiger partial charge in [0.15, 0.2) is 0 Å². The number of rotatable bonds is 7. The van der Waals surface area contributed by atoms with Gasteiger partial charge < -0.3 is 0 Å². The van der Waals surface area contributed by atoms with Gasteiger partial charge in [0.2, 0.25) is 0 Å². The molecule has 0 amide bonds. The number of ketones is 1. The fourth-order valence-corrected chi connectivity index (χ4v) is 1.94. The Morgan fingerprint density at radius 2 is 1.92 bits per heavy atom. The summed E-state index contributed by atoms with van der Waals surface area (Å²) in [5.41, 5.74) is 0. The molecule has 0 aliphatic carbocycles. The Balaban J connectivity index is 3.50. The van der Waals surface area contributed by atoms with Gasteiger partial charge in [-0.25, -0.2) is 0 Å². The Morgan fingerprint density at radius 3 is 2.38 bits per heavy atom. The summed E-state index contributed by atoms with van der Waals surface area (Å²) in [6, 6.07) is 0. The first kappa shape index (κ1) is 13.0. The normalized spacial score (nSPS) is 13.3. The van der Waals surface area contributed by atoms with Crippen molar-refractivity contribution in [2.75, 3.05) is 5.75 Å². The van der Waals surface area contributed by atoms with Crippen molar-refractivity contribution in [3.63, 3.8) is 0 Å². The van der Waals surface area contributed by atoms with Gasteiger partial charge in [0, 0.05) is 6.42 Å². The summed E-state index contributed by atoms with van der Waals surface area (Å²) in [6.07, 6.45) is 3.14. The number of Topliss-reactive ketones (excluding diaryl/α,β-unsaturated/α-hetero) is 1. The monoisotopic (exact) mass is 202 g/mol. The minimum absolute atomic E-state index is 0.416. The van der Waals surface area contributed by atoms with Crippen LogP contribution < -0.4 is 0 Å². The first-order valence-corrected chi connectivity index (χ1v) is 6.24. The molecule has 78 valence electrons. The maximum atomic E-state index is 11.4. The van der Waals surface area contributed by atoms with Crippen molar-refractivity contribution >= 4 is 17.5 Å².